The van der Waals surface area contributed by atoms with Gasteiger partial charge in [0.05, 0.1) is 16.7 Å². The zero-order valence-electron chi connectivity index (χ0n) is 24.1. The van der Waals surface area contributed by atoms with E-state index in [-0.39, 0.29) is 25.4 Å². The molecule has 0 amide bonds. The highest BCUT2D eigenvalue weighted by atomic mass is 16.5. The Labute approximate surface area is 255 Å². The first-order chi connectivity index (χ1) is 21.4. The van der Waals surface area contributed by atoms with Crippen molar-refractivity contribution in [1.82, 2.24) is 0 Å². The largest absolute Gasteiger partial charge is 0.489 e. The van der Waals surface area contributed by atoms with E-state index in [0.717, 1.165) is 22.3 Å². The lowest BCUT2D eigenvalue weighted by Gasteiger charge is -2.16. The highest BCUT2D eigenvalue weighted by Crippen LogP contribution is 2.31. The van der Waals surface area contributed by atoms with Gasteiger partial charge in [0.25, 0.3) is 0 Å². The number of rotatable bonds is 11. The van der Waals surface area contributed by atoms with Crippen LogP contribution >= 0.6 is 0 Å². The molecule has 5 aromatic carbocycles. The van der Waals surface area contributed by atoms with Gasteiger partial charge in [0.15, 0.2) is 0 Å². The zero-order chi connectivity index (χ0) is 30.9. The Balaban J connectivity index is 1.32. The van der Waals surface area contributed by atoms with Crippen LogP contribution in [0, 0.1) is 6.92 Å². The first-order valence-electron chi connectivity index (χ1n) is 14.0. The molecule has 0 heterocycles. The lowest BCUT2D eigenvalue weighted by atomic mass is 9.99. The second-order valence-corrected chi connectivity index (χ2v) is 10.1. The van der Waals surface area contributed by atoms with Crippen molar-refractivity contribution >= 4 is 17.9 Å². The molecule has 0 spiro atoms. The number of carboxylic acid groups (broad SMARTS) is 1. The molecule has 7 heteroatoms. The standard InChI is InChI=1S/C37H30O7/c1-25-33(27-17-19-28(20-18-27)35(38)39)13-8-14-34(25)42-22-26-15-16-31(23-43-36(40)29-9-4-2-5-10-29)32(21-26)24-44-37(41)30-11-6-3-7-12-30/h2-21H,22-24H2,1H3,(H,38,39). The van der Waals surface area contributed by atoms with Gasteiger partial charge in [-0.25, -0.2) is 14.4 Å². The Morgan fingerprint density at radius 1 is 0.591 bits per heavy atom. The highest BCUT2D eigenvalue weighted by Gasteiger charge is 2.14. The lowest BCUT2D eigenvalue weighted by Crippen LogP contribution is -2.10. The van der Waals surface area contributed by atoms with Gasteiger partial charge in [-0.3, -0.25) is 0 Å². The van der Waals surface area contributed by atoms with E-state index in [4.69, 9.17) is 14.2 Å². The van der Waals surface area contributed by atoms with Gasteiger partial charge >= 0.3 is 17.9 Å². The van der Waals surface area contributed by atoms with Crippen LogP contribution in [0.1, 0.15) is 53.3 Å². The molecule has 0 bridgehead atoms. The number of carbonyl (C=O) groups excluding carboxylic acids is 2. The molecule has 5 aromatic rings. The Bertz CT molecular complexity index is 1760. The average molecular weight is 587 g/mol. The van der Waals surface area contributed by atoms with Crippen LogP contribution in [0.4, 0.5) is 0 Å². The fourth-order valence-corrected chi connectivity index (χ4v) is 4.68. The summed E-state index contributed by atoms with van der Waals surface area (Å²) in [5, 5.41) is 9.21. The van der Waals surface area contributed by atoms with Crippen molar-refractivity contribution in [3.63, 3.8) is 0 Å². The molecule has 220 valence electrons. The molecular weight excluding hydrogens is 556 g/mol. The molecule has 0 atom stereocenters. The maximum atomic E-state index is 12.7. The third-order valence-corrected chi connectivity index (χ3v) is 7.13. The molecule has 7 nitrogen and oxygen atoms in total. The SMILES string of the molecule is Cc1c(OCc2ccc(COC(=O)c3ccccc3)c(COC(=O)c3ccccc3)c2)cccc1-c1ccc(C(=O)O)cc1. The predicted octanol–water partition coefficient (Wildman–Crippen LogP) is 7.65. The van der Waals surface area contributed by atoms with Crippen molar-refractivity contribution in [2.24, 2.45) is 0 Å². The Kier molecular flexibility index (Phi) is 9.47. The number of carbonyl (C=O) groups is 3. The topological polar surface area (TPSA) is 99.1 Å². The molecule has 0 aromatic heterocycles. The number of benzene rings is 5. The minimum atomic E-state index is -0.972. The number of hydrogen-bond acceptors (Lipinski definition) is 6. The molecule has 5 rings (SSSR count). The van der Waals surface area contributed by atoms with Crippen molar-refractivity contribution in [1.29, 1.82) is 0 Å². The number of esters is 2. The minimum Gasteiger partial charge on any atom is -0.489 e. The van der Waals surface area contributed by atoms with Gasteiger partial charge in [0.2, 0.25) is 0 Å². The van der Waals surface area contributed by atoms with E-state index in [9.17, 15) is 19.5 Å². The maximum Gasteiger partial charge on any atom is 0.338 e. The van der Waals surface area contributed by atoms with E-state index in [1.54, 1.807) is 72.8 Å². The van der Waals surface area contributed by atoms with E-state index < -0.39 is 17.9 Å². The summed E-state index contributed by atoms with van der Waals surface area (Å²) in [6.45, 7) is 2.19. The molecule has 0 aliphatic heterocycles. The monoisotopic (exact) mass is 586 g/mol. The van der Waals surface area contributed by atoms with Crippen LogP contribution < -0.4 is 4.74 Å². The van der Waals surface area contributed by atoms with E-state index >= 15 is 0 Å². The Morgan fingerprint density at radius 2 is 1.18 bits per heavy atom. The Morgan fingerprint density at radius 3 is 1.77 bits per heavy atom. The second kappa shape index (κ2) is 14.0. The molecule has 0 saturated heterocycles. The van der Waals surface area contributed by atoms with Crippen molar-refractivity contribution in [3.05, 3.63) is 160 Å². The van der Waals surface area contributed by atoms with Crippen molar-refractivity contribution in [2.75, 3.05) is 0 Å². The first kappa shape index (κ1) is 29.8. The highest BCUT2D eigenvalue weighted by molar-refractivity contribution is 5.90. The summed E-state index contributed by atoms with van der Waals surface area (Å²) < 4.78 is 17.4. The van der Waals surface area contributed by atoms with E-state index in [0.29, 0.717) is 28.0 Å². The van der Waals surface area contributed by atoms with Gasteiger partial charge < -0.3 is 19.3 Å². The molecule has 0 unspecified atom stereocenters. The number of aromatic carboxylic acids is 1. The van der Waals surface area contributed by atoms with Crippen LogP contribution in [0.15, 0.2) is 121 Å². The summed E-state index contributed by atoms with van der Waals surface area (Å²) in [4.78, 5) is 36.4. The van der Waals surface area contributed by atoms with E-state index in [2.05, 4.69) is 0 Å². The zero-order valence-corrected chi connectivity index (χ0v) is 24.1. The smallest absolute Gasteiger partial charge is 0.338 e. The quantitative estimate of drug-likeness (QED) is 0.159. The van der Waals surface area contributed by atoms with Gasteiger partial charge in [-0.05, 0) is 88.8 Å². The molecule has 0 fully saturated rings. The summed E-state index contributed by atoms with van der Waals surface area (Å²) in [6.07, 6.45) is 0. The molecular formula is C37H30O7. The second-order valence-electron chi connectivity index (χ2n) is 10.1. The van der Waals surface area contributed by atoms with Gasteiger partial charge in [-0.2, -0.15) is 0 Å². The molecule has 0 saturated carbocycles. The first-order valence-corrected chi connectivity index (χ1v) is 14.0. The summed E-state index contributed by atoms with van der Waals surface area (Å²) >= 11 is 0. The van der Waals surface area contributed by atoms with E-state index in [1.807, 2.05) is 55.5 Å². The molecule has 0 radical (unpaired) electrons. The van der Waals surface area contributed by atoms with Crippen LogP contribution in [0.25, 0.3) is 11.1 Å². The maximum absolute atomic E-state index is 12.7. The van der Waals surface area contributed by atoms with Gasteiger partial charge in [0, 0.05) is 0 Å². The molecule has 1 N–H and O–H groups in total. The summed E-state index contributed by atoms with van der Waals surface area (Å²) in [5.41, 5.74) is 6.09. The van der Waals surface area contributed by atoms with Crippen LogP contribution in [0.2, 0.25) is 0 Å². The Hall–Kier alpha value is -5.69. The van der Waals surface area contributed by atoms with E-state index in [1.165, 1.54) is 0 Å². The summed E-state index contributed by atoms with van der Waals surface area (Å²) in [6, 6.07) is 35.5. The van der Waals surface area contributed by atoms with Crippen LogP contribution in [-0.4, -0.2) is 23.0 Å². The summed E-state index contributed by atoms with van der Waals surface area (Å²) in [7, 11) is 0. The number of hydrogen-bond donors (Lipinski definition) is 1. The normalized spacial score (nSPS) is 10.6. The number of carboxylic acids is 1. The molecule has 0 aliphatic carbocycles. The number of ether oxygens (including phenoxy) is 3. The van der Waals surface area contributed by atoms with Crippen LogP contribution in [0.3, 0.4) is 0 Å². The van der Waals surface area contributed by atoms with Gasteiger partial charge in [-0.1, -0.05) is 72.8 Å². The fourth-order valence-electron chi connectivity index (χ4n) is 4.68. The summed E-state index contributed by atoms with van der Waals surface area (Å²) in [5.74, 6) is -1.19. The van der Waals surface area contributed by atoms with Gasteiger partial charge in [-0.15, -0.1) is 0 Å². The van der Waals surface area contributed by atoms with Crippen molar-refractivity contribution in [2.45, 2.75) is 26.7 Å². The molecule has 44 heavy (non-hydrogen) atoms. The van der Waals surface area contributed by atoms with Crippen LogP contribution in [0.5, 0.6) is 5.75 Å². The molecule has 0 aliphatic rings. The van der Waals surface area contributed by atoms with Crippen LogP contribution in [-0.2, 0) is 29.3 Å². The average Bonchev–Trinajstić information content (AvgIpc) is 3.06. The predicted molar refractivity (Wildman–Crippen MR) is 165 cm³/mol. The third kappa shape index (κ3) is 7.38. The third-order valence-electron chi connectivity index (χ3n) is 7.13. The van der Waals surface area contributed by atoms with Crippen molar-refractivity contribution < 1.29 is 33.7 Å². The minimum absolute atomic E-state index is 0.00884. The van der Waals surface area contributed by atoms with Crippen molar-refractivity contribution in [3.8, 4) is 16.9 Å². The fraction of sp³-hybridized carbons (Fsp3) is 0.108. The lowest BCUT2D eigenvalue weighted by molar-refractivity contribution is 0.0435. The van der Waals surface area contributed by atoms with Gasteiger partial charge in [0.1, 0.15) is 25.6 Å².